The minimum absolute atomic E-state index is 0.00420. The fraction of sp³-hybridized carbons (Fsp3) is 0.600. The molecule has 0 spiro atoms. The number of thioether (sulfide) groups is 4. The van der Waals surface area contributed by atoms with Crippen molar-refractivity contribution < 1.29 is 73.8 Å². The van der Waals surface area contributed by atoms with Crippen LogP contribution < -0.4 is 0 Å². The summed E-state index contributed by atoms with van der Waals surface area (Å²) in [6, 6.07) is 12.8. The zero-order valence-corrected chi connectivity index (χ0v) is 43.2. The number of hydrogen-bond acceptors (Lipinski definition) is 20. The SMILES string of the molecule is O=C1OCCCSCCC[Si]2(O)O[Si](O)(CCCSCCCOC(=O)c3ccccc31)O[Si]1(O)CCCSCCCOC(=O)c3ccccc3C(=O)OCCCSCCC[Si](O)(O1)O2. The first-order valence-electron chi connectivity index (χ1n) is 21.7. The second-order valence-corrected chi connectivity index (χ2v) is 31.0. The van der Waals surface area contributed by atoms with Gasteiger partial charge in [-0.3, -0.25) is 0 Å². The summed E-state index contributed by atoms with van der Waals surface area (Å²) in [5.41, 5.74) is 0.580. The van der Waals surface area contributed by atoms with Gasteiger partial charge in [-0.05, 0) is 122 Å². The van der Waals surface area contributed by atoms with E-state index in [-0.39, 0.29) is 72.9 Å². The van der Waals surface area contributed by atoms with Crippen LogP contribution in [-0.2, 0) is 35.4 Å². The molecular formula is C40H60O16S4Si4. The van der Waals surface area contributed by atoms with E-state index in [1.807, 2.05) is 0 Å². The normalized spacial score (nSPS) is 29.7. The van der Waals surface area contributed by atoms with Gasteiger partial charge in [-0.2, -0.15) is 47.0 Å². The molecule has 24 heteroatoms. The highest BCUT2D eigenvalue weighted by Crippen LogP contribution is 2.36. The van der Waals surface area contributed by atoms with Gasteiger partial charge in [0, 0.05) is 24.2 Å². The third-order valence-electron chi connectivity index (χ3n) is 9.80. The van der Waals surface area contributed by atoms with E-state index in [0.29, 0.717) is 97.4 Å². The van der Waals surface area contributed by atoms with E-state index in [1.165, 1.54) is 24.3 Å². The first-order valence-corrected chi connectivity index (χ1v) is 34.2. The van der Waals surface area contributed by atoms with E-state index in [4.69, 9.17) is 35.4 Å². The standard InChI is InChI=1S/C40H60O16S4Si4/c41-37-33-13-1-2-14-34(33)38(42)50-18-6-22-58-26-10-30-62(46)53-61(45,29-9-25-57-21-5-17-49-37)55-63(47)31-11-27-59-23-7-19-51-39(43)35-15-3-4-16-36(35)40(44)52-20-8-24-60-28-12-32-64(48,54-63)56-62/h1-4,13-16,45-48H,5-12,17-32H2. The Morgan fingerprint density at radius 1 is 0.344 bits per heavy atom. The van der Waals surface area contributed by atoms with Gasteiger partial charge < -0.3 is 54.6 Å². The fourth-order valence-corrected chi connectivity index (χ4v) is 27.2. The molecule has 4 N–H and O–H groups in total. The van der Waals surface area contributed by atoms with Crippen molar-refractivity contribution in [3.8, 4) is 0 Å². The van der Waals surface area contributed by atoms with Crippen molar-refractivity contribution in [2.45, 2.75) is 75.5 Å². The lowest BCUT2D eigenvalue weighted by molar-refractivity contribution is 0.0459. The molecule has 5 rings (SSSR count). The summed E-state index contributed by atoms with van der Waals surface area (Å²) in [4.78, 5) is 100. The molecule has 1 fully saturated rings. The van der Waals surface area contributed by atoms with Crippen molar-refractivity contribution in [2.24, 2.45) is 0 Å². The number of rotatable bonds is 0. The van der Waals surface area contributed by atoms with Crippen LogP contribution in [0.4, 0.5) is 0 Å². The lowest BCUT2D eigenvalue weighted by atomic mass is 10.1. The Labute approximate surface area is 396 Å². The van der Waals surface area contributed by atoms with Crippen LogP contribution in [0.1, 0.15) is 92.8 Å². The Kier molecular flexibility index (Phi) is 22.7. The molecule has 0 aliphatic carbocycles. The van der Waals surface area contributed by atoms with Gasteiger partial charge in [-0.1, -0.05) is 24.3 Å². The minimum Gasteiger partial charge on any atom is -0.462 e. The Balaban J connectivity index is 1.27. The lowest BCUT2D eigenvalue weighted by Gasteiger charge is -2.45. The minimum atomic E-state index is -4.40. The second kappa shape index (κ2) is 27.3. The highest BCUT2D eigenvalue weighted by molar-refractivity contribution is 7.99. The molecule has 0 atom stereocenters. The quantitative estimate of drug-likeness (QED) is 0.137. The number of carbonyl (C=O) groups excluding carboxylic acids is 4. The van der Waals surface area contributed by atoms with Crippen LogP contribution in [0.5, 0.6) is 0 Å². The first kappa shape index (κ1) is 53.2. The molecular weight excluding hydrogens is 977 g/mol. The van der Waals surface area contributed by atoms with Gasteiger partial charge in [0.05, 0.1) is 48.7 Å². The number of benzene rings is 2. The van der Waals surface area contributed by atoms with E-state index >= 15 is 0 Å². The predicted molar refractivity (Wildman–Crippen MR) is 256 cm³/mol. The summed E-state index contributed by atoms with van der Waals surface area (Å²) in [5.74, 6) is 2.29. The monoisotopic (exact) mass is 1040 g/mol. The molecule has 356 valence electrons. The Morgan fingerprint density at radius 3 is 0.766 bits per heavy atom. The third kappa shape index (κ3) is 18.1. The van der Waals surface area contributed by atoms with E-state index < -0.39 is 59.1 Å². The molecule has 1 saturated heterocycles. The summed E-state index contributed by atoms with van der Waals surface area (Å²) in [5, 5.41) is 0. The van der Waals surface area contributed by atoms with Crippen LogP contribution in [-0.4, -0.2) is 151 Å². The molecule has 3 aliphatic heterocycles. The van der Waals surface area contributed by atoms with Crippen molar-refractivity contribution in [3.05, 3.63) is 70.8 Å². The summed E-state index contributed by atoms with van der Waals surface area (Å²) in [6.07, 6.45) is 3.73. The molecule has 3 heterocycles. The van der Waals surface area contributed by atoms with Gasteiger partial charge >= 0.3 is 59.1 Å². The van der Waals surface area contributed by atoms with E-state index in [1.54, 1.807) is 71.3 Å². The second-order valence-electron chi connectivity index (χ2n) is 15.2. The van der Waals surface area contributed by atoms with Gasteiger partial charge in [0.1, 0.15) is 0 Å². The predicted octanol–water partition coefficient (Wildman–Crippen LogP) is 5.90. The largest absolute Gasteiger partial charge is 0.483 e. The molecule has 16 nitrogen and oxygen atoms in total. The van der Waals surface area contributed by atoms with Crippen LogP contribution in [0.2, 0.25) is 24.2 Å². The lowest BCUT2D eigenvalue weighted by Crippen LogP contribution is -2.71. The molecule has 2 aromatic rings. The highest BCUT2D eigenvalue weighted by atomic mass is 32.2. The molecule has 2 aromatic carbocycles. The van der Waals surface area contributed by atoms with Crippen LogP contribution in [0.25, 0.3) is 0 Å². The smallest absolute Gasteiger partial charge is 0.462 e. The van der Waals surface area contributed by atoms with Crippen molar-refractivity contribution in [3.63, 3.8) is 0 Å². The number of esters is 4. The zero-order chi connectivity index (χ0) is 45.7. The van der Waals surface area contributed by atoms with Gasteiger partial charge in [0.2, 0.25) is 0 Å². The maximum Gasteiger partial charge on any atom is 0.483 e. The van der Waals surface area contributed by atoms with E-state index in [9.17, 15) is 38.4 Å². The maximum atomic E-state index is 12.9. The Morgan fingerprint density at radius 2 is 0.547 bits per heavy atom. The van der Waals surface area contributed by atoms with Crippen molar-refractivity contribution >= 4 is 106 Å². The van der Waals surface area contributed by atoms with Crippen LogP contribution in [0, 0.1) is 0 Å². The van der Waals surface area contributed by atoms with Crippen molar-refractivity contribution in [1.29, 1.82) is 0 Å². The van der Waals surface area contributed by atoms with Crippen molar-refractivity contribution in [2.75, 3.05) is 72.5 Å². The average molecular weight is 1040 g/mol. The maximum absolute atomic E-state index is 12.9. The van der Waals surface area contributed by atoms with Crippen LogP contribution >= 0.6 is 47.0 Å². The molecule has 3 aliphatic rings. The average Bonchev–Trinajstić information content (AvgIpc) is 3.25. The summed E-state index contributed by atoms with van der Waals surface area (Å²) in [6.45, 7) is 0.526. The van der Waals surface area contributed by atoms with Crippen molar-refractivity contribution in [1.82, 2.24) is 0 Å². The third-order valence-corrected chi connectivity index (χ3v) is 28.6. The molecule has 64 heavy (non-hydrogen) atoms. The fourth-order valence-electron chi connectivity index (χ4n) is 6.78. The number of cyclic esters (lactones) is 4. The molecule has 0 aromatic heterocycles. The van der Waals surface area contributed by atoms with Gasteiger partial charge in [0.15, 0.2) is 0 Å². The molecule has 4 bridgehead atoms. The number of fused-ring (bicyclic) bond motifs is 6. The Hall–Kier alpha value is -1.73. The number of hydrogen-bond donors (Lipinski definition) is 4. The molecule has 0 amide bonds. The topological polar surface area (TPSA) is 223 Å². The van der Waals surface area contributed by atoms with Gasteiger partial charge in [-0.25, -0.2) is 19.2 Å². The van der Waals surface area contributed by atoms with Gasteiger partial charge in [0.25, 0.3) is 0 Å². The van der Waals surface area contributed by atoms with Crippen LogP contribution in [0.3, 0.4) is 0 Å². The summed E-state index contributed by atoms with van der Waals surface area (Å²) >= 11 is 6.24. The number of carbonyl (C=O) groups is 4. The summed E-state index contributed by atoms with van der Waals surface area (Å²) in [7, 11) is -17.6. The van der Waals surface area contributed by atoms with E-state index in [2.05, 4.69) is 0 Å². The zero-order valence-electron chi connectivity index (χ0n) is 35.9. The number of ether oxygens (including phenoxy) is 4. The van der Waals surface area contributed by atoms with E-state index in [0.717, 1.165) is 0 Å². The Bertz CT molecular complexity index is 1580. The molecule has 0 saturated carbocycles. The molecule has 0 unspecified atom stereocenters. The van der Waals surface area contributed by atoms with Gasteiger partial charge in [-0.15, -0.1) is 0 Å². The molecule has 0 radical (unpaired) electrons. The summed E-state index contributed by atoms with van der Waals surface area (Å²) < 4.78 is 46.8. The van der Waals surface area contributed by atoms with Crippen LogP contribution in [0.15, 0.2) is 48.5 Å². The highest BCUT2D eigenvalue weighted by Gasteiger charge is 2.63. The first-order chi connectivity index (χ1) is 30.8.